The Morgan fingerprint density at radius 2 is 1.76 bits per heavy atom. The molecule has 2 aliphatic rings. The van der Waals surface area contributed by atoms with Crippen molar-refractivity contribution in [2.75, 3.05) is 19.7 Å². The predicted molar refractivity (Wildman–Crippen MR) is 78.9 cm³/mol. The molecule has 0 aromatic rings. The van der Waals surface area contributed by atoms with Crippen LogP contribution in [-0.2, 0) is 14.3 Å². The molecule has 21 heavy (non-hydrogen) atoms. The summed E-state index contributed by atoms with van der Waals surface area (Å²) in [5.74, 6) is 0.366. The number of nitrogens with zero attached hydrogens (tertiary/aromatic N) is 1. The Morgan fingerprint density at radius 1 is 1.10 bits per heavy atom. The predicted octanol–water partition coefficient (Wildman–Crippen LogP) is 2.15. The molecule has 0 spiro atoms. The molecule has 2 fully saturated rings. The zero-order valence-corrected chi connectivity index (χ0v) is 13.1. The highest BCUT2D eigenvalue weighted by Crippen LogP contribution is 2.30. The molecule has 3 unspecified atom stereocenters. The molecule has 0 aromatic carbocycles. The second kappa shape index (κ2) is 7.25. The molecule has 1 saturated carbocycles. The summed E-state index contributed by atoms with van der Waals surface area (Å²) in [6.45, 7) is 5.75. The molecule has 0 aromatic heterocycles. The summed E-state index contributed by atoms with van der Waals surface area (Å²) >= 11 is 0. The molecule has 0 bridgehead atoms. The van der Waals surface area contributed by atoms with E-state index in [4.69, 9.17) is 9.84 Å². The number of rotatable bonds is 4. The lowest BCUT2D eigenvalue weighted by Crippen LogP contribution is -2.42. The van der Waals surface area contributed by atoms with Crippen LogP contribution in [0, 0.1) is 17.8 Å². The van der Waals surface area contributed by atoms with Crippen molar-refractivity contribution in [3.05, 3.63) is 0 Å². The summed E-state index contributed by atoms with van der Waals surface area (Å²) in [6.07, 6.45) is 4.56. The molecule has 1 heterocycles. The van der Waals surface area contributed by atoms with E-state index in [9.17, 15) is 9.59 Å². The minimum Gasteiger partial charge on any atom is -0.481 e. The van der Waals surface area contributed by atoms with Crippen LogP contribution < -0.4 is 0 Å². The Hall–Kier alpha value is -1.10. The van der Waals surface area contributed by atoms with Crippen molar-refractivity contribution >= 4 is 11.9 Å². The molecular formula is C16H27NO4. The number of carboxylic acid groups (broad SMARTS) is 1. The van der Waals surface area contributed by atoms with Gasteiger partial charge in [0.25, 0.3) is 0 Å². The van der Waals surface area contributed by atoms with Crippen molar-refractivity contribution in [1.29, 1.82) is 0 Å². The van der Waals surface area contributed by atoms with E-state index in [1.165, 1.54) is 6.42 Å². The van der Waals surface area contributed by atoms with Crippen LogP contribution in [0.4, 0.5) is 0 Å². The highest BCUT2D eigenvalue weighted by molar-refractivity contribution is 5.78. The van der Waals surface area contributed by atoms with E-state index in [2.05, 4.69) is 13.8 Å². The zero-order valence-electron chi connectivity index (χ0n) is 13.1. The molecule has 1 saturated heterocycles. The lowest BCUT2D eigenvalue weighted by Gasteiger charge is -2.33. The van der Waals surface area contributed by atoms with Gasteiger partial charge in [-0.05, 0) is 43.9 Å². The van der Waals surface area contributed by atoms with E-state index in [0.717, 1.165) is 18.8 Å². The second-order valence-corrected chi connectivity index (χ2v) is 6.69. The molecule has 1 N–H and O–H groups in total. The number of carbonyl (C=O) groups excluding carboxylic acids is 1. The number of amides is 1. The first-order valence-electron chi connectivity index (χ1n) is 8.09. The van der Waals surface area contributed by atoms with Crippen molar-refractivity contribution in [1.82, 2.24) is 4.90 Å². The Balaban J connectivity index is 1.69. The summed E-state index contributed by atoms with van der Waals surface area (Å²) in [5, 5.41) is 8.95. The number of aliphatic carboxylic acids is 1. The van der Waals surface area contributed by atoms with Gasteiger partial charge < -0.3 is 14.7 Å². The monoisotopic (exact) mass is 297 g/mol. The summed E-state index contributed by atoms with van der Waals surface area (Å²) in [4.78, 5) is 24.8. The summed E-state index contributed by atoms with van der Waals surface area (Å²) in [7, 11) is 0. The van der Waals surface area contributed by atoms with Gasteiger partial charge in [-0.2, -0.15) is 0 Å². The van der Waals surface area contributed by atoms with Crippen LogP contribution in [0.1, 0.15) is 46.0 Å². The van der Waals surface area contributed by atoms with E-state index < -0.39 is 5.97 Å². The minimum absolute atomic E-state index is 0.00473. The van der Waals surface area contributed by atoms with Gasteiger partial charge in [0.1, 0.15) is 6.61 Å². The SMILES string of the molecule is CC1CCC(OCC(=O)N2CCC(C(=O)O)CC2)CC1C. The van der Waals surface area contributed by atoms with Crippen molar-refractivity contribution < 1.29 is 19.4 Å². The van der Waals surface area contributed by atoms with Crippen molar-refractivity contribution in [2.45, 2.75) is 52.1 Å². The van der Waals surface area contributed by atoms with E-state index in [0.29, 0.717) is 31.8 Å². The molecule has 5 heteroatoms. The van der Waals surface area contributed by atoms with Gasteiger partial charge in [0.05, 0.1) is 12.0 Å². The molecule has 2 rings (SSSR count). The second-order valence-electron chi connectivity index (χ2n) is 6.69. The van der Waals surface area contributed by atoms with Gasteiger partial charge in [-0.3, -0.25) is 9.59 Å². The van der Waals surface area contributed by atoms with Gasteiger partial charge in [-0.25, -0.2) is 0 Å². The molecule has 1 aliphatic heterocycles. The van der Waals surface area contributed by atoms with Crippen molar-refractivity contribution in [3.63, 3.8) is 0 Å². The van der Waals surface area contributed by atoms with Crippen LogP contribution in [0.2, 0.25) is 0 Å². The van der Waals surface area contributed by atoms with Crippen molar-refractivity contribution in [2.24, 2.45) is 17.8 Å². The van der Waals surface area contributed by atoms with Crippen LogP contribution in [0.25, 0.3) is 0 Å². The number of carbonyl (C=O) groups is 2. The molecule has 120 valence electrons. The lowest BCUT2D eigenvalue weighted by atomic mass is 9.80. The average molecular weight is 297 g/mol. The fraction of sp³-hybridized carbons (Fsp3) is 0.875. The first kappa shape index (κ1) is 16.3. The van der Waals surface area contributed by atoms with Crippen LogP contribution >= 0.6 is 0 Å². The summed E-state index contributed by atoms with van der Waals surface area (Å²) in [5.41, 5.74) is 0. The van der Waals surface area contributed by atoms with E-state index in [1.807, 2.05) is 0 Å². The smallest absolute Gasteiger partial charge is 0.306 e. The Morgan fingerprint density at radius 3 is 2.33 bits per heavy atom. The van der Waals surface area contributed by atoms with E-state index in [1.54, 1.807) is 4.90 Å². The standard InChI is InChI=1S/C16H27NO4/c1-11-3-4-14(9-12(11)2)21-10-15(18)17-7-5-13(6-8-17)16(19)20/h11-14H,3-10H2,1-2H3,(H,19,20). The third kappa shape index (κ3) is 4.43. The maximum Gasteiger partial charge on any atom is 0.306 e. The van der Waals surface area contributed by atoms with Gasteiger partial charge in [0.2, 0.25) is 5.91 Å². The van der Waals surface area contributed by atoms with Crippen LogP contribution in [0.15, 0.2) is 0 Å². The number of piperidine rings is 1. The Labute approximate surface area is 126 Å². The maximum absolute atomic E-state index is 12.1. The van der Waals surface area contributed by atoms with Gasteiger partial charge in [-0.1, -0.05) is 13.8 Å². The summed E-state index contributed by atoms with van der Waals surface area (Å²) < 4.78 is 5.78. The Bertz CT molecular complexity index is 376. The van der Waals surface area contributed by atoms with Crippen LogP contribution in [0.5, 0.6) is 0 Å². The van der Waals surface area contributed by atoms with Crippen LogP contribution in [0.3, 0.4) is 0 Å². The molecule has 5 nitrogen and oxygen atoms in total. The largest absolute Gasteiger partial charge is 0.481 e. The molecule has 1 aliphatic carbocycles. The fourth-order valence-electron chi connectivity index (χ4n) is 3.31. The topological polar surface area (TPSA) is 66.8 Å². The van der Waals surface area contributed by atoms with Gasteiger partial charge >= 0.3 is 5.97 Å². The highest BCUT2D eigenvalue weighted by Gasteiger charge is 2.29. The molecule has 3 atom stereocenters. The number of hydrogen-bond donors (Lipinski definition) is 1. The quantitative estimate of drug-likeness (QED) is 0.863. The third-order valence-electron chi connectivity index (χ3n) is 5.19. The van der Waals surface area contributed by atoms with E-state index >= 15 is 0 Å². The highest BCUT2D eigenvalue weighted by atomic mass is 16.5. The molecule has 1 amide bonds. The normalized spacial score (nSPS) is 31.1. The Kier molecular flexibility index (Phi) is 5.62. The molecular weight excluding hydrogens is 270 g/mol. The number of likely N-dealkylation sites (tertiary alicyclic amines) is 1. The first-order chi connectivity index (χ1) is 9.97. The summed E-state index contributed by atoms with van der Waals surface area (Å²) in [6, 6.07) is 0. The zero-order chi connectivity index (χ0) is 15.4. The number of carboxylic acids is 1. The van der Waals surface area contributed by atoms with Crippen LogP contribution in [-0.4, -0.2) is 47.7 Å². The first-order valence-corrected chi connectivity index (χ1v) is 8.09. The fourth-order valence-corrected chi connectivity index (χ4v) is 3.31. The van der Waals surface area contributed by atoms with Gasteiger partial charge in [0.15, 0.2) is 0 Å². The number of hydrogen-bond acceptors (Lipinski definition) is 3. The lowest BCUT2D eigenvalue weighted by molar-refractivity contribution is -0.148. The molecule has 0 radical (unpaired) electrons. The maximum atomic E-state index is 12.1. The average Bonchev–Trinajstić information content (AvgIpc) is 2.48. The van der Waals surface area contributed by atoms with E-state index in [-0.39, 0.29) is 24.5 Å². The van der Waals surface area contributed by atoms with Gasteiger partial charge in [-0.15, -0.1) is 0 Å². The number of ether oxygens (including phenoxy) is 1. The van der Waals surface area contributed by atoms with Crippen molar-refractivity contribution in [3.8, 4) is 0 Å². The van der Waals surface area contributed by atoms with Gasteiger partial charge in [0, 0.05) is 13.1 Å². The minimum atomic E-state index is -0.747. The third-order valence-corrected chi connectivity index (χ3v) is 5.19.